The van der Waals surface area contributed by atoms with Crippen molar-refractivity contribution in [1.82, 2.24) is 14.8 Å². The first-order valence-electron chi connectivity index (χ1n) is 6.60. The van der Waals surface area contributed by atoms with Gasteiger partial charge in [-0.25, -0.2) is 0 Å². The van der Waals surface area contributed by atoms with Gasteiger partial charge in [-0.2, -0.15) is 18.3 Å². The zero-order valence-corrected chi connectivity index (χ0v) is 11.3. The third-order valence-corrected chi connectivity index (χ3v) is 3.53. The Morgan fingerprint density at radius 1 is 1.41 bits per heavy atom. The van der Waals surface area contributed by atoms with E-state index in [1.165, 1.54) is 12.3 Å². The van der Waals surface area contributed by atoms with E-state index >= 15 is 0 Å². The Bertz CT molecular complexity index is 727. The molecule has 0 bridgehead atoms. The first kappa shape index (κ1) is 14.4. The zero-order chi connectivity index (χ0) is 15.7. The average molecular weight is 308 g/mol. The number of azide groups is 1. The summed E-state index contributed by atoms with van der Waals surface area (Å²) in [7, 11) is 0. The minimum absolute atomic E-state index is 0.209. The molecular weight excluding hydrogens is 297 g/mol. The molecule has 0 fully saturated rings. The second-order valence-electron chi connectivity index (χ2n) is 5.04. The SMILES string of the molecule is [N-]=[N+]=NC1CCc2nn(Cc3ccc(C(F)(F)F)nc3)cc21. The minimum atomic E-state index is -4.44. The fraction of sp³-hybridized carbons (Fsp3) is 0.385. The van der Waals surface area contributed by atoms with Crippen LogP contribution in [0, 0.1) is 0 Å². The van der Waals surface area contributed by atoms with E-state index in [9.17, 15) is 13.2 Å². The van der Waals surface area contributed by atoms with Gasteiger partial charge in [0.15, 0.2) is 0 Å². The molecule has 0 saturated carbocycles. The summed E-state index contributed by atoms with van der Waals surface area (Å²) in [5.41, 5.74) is 9.98. The molecule has 9 heteroatoms. The Kier molecular flexibility index (Phi) is 3.50. The van der Waals surface area contributed by atoms with Crippen molar-refractivity contribution < 1.29 is 13.2 Å². The number of nitrogens with zero attached hydrogens (tertiary/aromatic N) is 6. The van der Waals surface area contributed by atoms with Crippen LogP contribution in [-0.2, 0) is 19.1 Å². The summed E-state index contributed by atoms with van der Waals surface area (Å²) in [5.74, 6) is 0. The molecule has 2 aromatic rings. The largest absolute Gasteiger partial charge is 0.433 e. The summed E-state index contributed by atoms with van der Waals surface area (Å²) in [4.78, 5) is 6.24. The first-order valence-corrected chi connectivity index (χ1v) is 6.60. The summed E-state index contributed by atoms with van der Waals surface area (Å²) in [6.45, 7) is 0.321. The minimum Gasteiger partial charge on any atom is -0.268 e. The molecule has 0 N–H and O–H groups in total. The van der Waals surface area contributed by atoms with Gasteiger partial charge in [-0.05, 0) is 30.0 Å². The fourth-order valence-electron chi connectivity index (χ4n) is 2.51. The number of rotatable bonds is 3. The van der Waals surface area contributed by atoms with Crippen molar-refractivity contribution >= 4 is 0 Å². The van der Waals surface area contributed by atoms with E-state index in [4.69, 9.17) is 5.53 Å². The molecule has 0 aliphatic heterocycles. The van der Waals surface area contributed by atoms with Crippen molar-refractivity contribution in [3.8, 4) is 0 Å². The van der Waals surface area contributed by atoms with Crippen LogP contribution in [0.3, 0.4) is 0 Å². The number of pyridine rings is 1. The molecule has 0 aromatic carbocycles. The molecule has 3 rings (SSSR count). The van der Waals surface area contributed by atoms with Gasteiger partial charge in [0.2, 0.25) is 0 Å². The Hall–Kier alpha value is -2.54. The number of hydrogen-bond donors (Lipinski definition) is 0. The summed E-state index contributed by atoms with van der Waals surface area (Å²) in [6, 6.07) is 2.13. The normalized spacial score (nSPS) is 17.1. The predicted molar refractivity (Wildman–Crippen MR) is 70.8 cm³/mol. The Morgan fingerprint density at radius 2 is 2.23 bits per heavy atom. The van der Waals surface area contributed by atoms with Crippen LogP contribution < -0.4 is 0 Å². The molecule has 2 aromatic heterocycles. The van der Waals surface area contributed by atoms with Crippen molar-refractivity contribution in [3.63, 3.8) is 0 Å². The van der Waals surface area contributed by atoms with E-state index in [1.807, 2.05) is 0 Å². The van der Waals surface area contributed by atoms with Gasteiger partial charge in [-0.1, -0.05) is 11.2 Å². The lowest BCUT2D eigenvalue weighted by Gasteiger charge is -2.07. The van der Waals surface area contributed by atoms with Gasteiger partial charge in [-0.15, -0.1) is 0 Å². The van der Waals surface area contributed by atoms with Crippen LogP contribution in [-0.4, -0.2) is 14.8 Å². The van der Waals surface area contributed by atoms with E-state index in [-0.39, 0.29) is 6.04 Å². The zero-order valence-electron chi connectivity index (χ0n) is 11.3. The van der Waals surface area contributed by atoms with E-state index < -0.39 is 11.9 Å². The van der Waals surface area contributed by atoms with Crippen molar-refractivity contribution in [3.05, 3.63) is 57.5 Å². The van der Waals surface area contributed by atoms with Crippen LogP contribution in [0.15, 0.2) is 29.6 Å². The van der Waals surface area contributed by atoms with Gasteiger partial charge >= 0.3 is 6.18 Å². The molecule has 1 aliphatic rings. The van der Waals surface area contributed by atoms with E-state index in [0.717, 1.165) is 30.2 Å². The summed E-state index contributed by atoms with van der Waals surface area (Å²) >= 11 is 0. The van der Waals surface area contributed by atoms with Crippen LogP contribution in [0.4, 0.5) is 13.2 Å². The highest BCUT2D eigenvalue weighted by Crippen LogP contribution is 2.33. The molecule has 1 unspecified atom stereocenters. The van der Waals surface area contributed by atoms with Crippen molar-refractivity contribution in [2.24, 2.45) is 5.11 Å². The molecule has 6 nitrogen and oxygen atoms in total. The molecule has 0 radical (unpaired) electrons. The highest BCUT2D eigenvalue weighted by Gasteiger charge is 2.32. The van der Waals surface area contributed by atoms with Crippen molar-refractivity contribution in [1.29, 1.82) is 0 Å². The lowest BCUT2D eigenvalue weighted by atomic mass is 10.2. The highest BCUT2D eigenvalue weighted by atomic mass is 19.4. The second-order valence-corrected chi connectivity index (χ2v) is 5.04. The third kappa shape index (κ3) is 2.75. The predicted octanol–water partition coefficient (Wildman–Crippen LogP) is 3.64. The quantitative estimate of drug-likeness (QED) is 0.493. The summed E-state index contributed by atoms with van der Waals surface area (Å²) in [5, 5.41) is 8.09. The van der Waals surface area contributed by atoms with E-state index in [0.29, 0.717) is 12.1 Å². The number of alkyl halides is 3. The van der Waals surface area contributed by atoms with E-state index in [2.05, 4.69) is 20.1 Å². The molecule has 1 atom stereocenters. The van der Waals surface area contributed by atoms with Crippen LogP contribution in [0.2, 0.25) is 0 Å². The Morgan fingerprint density at radius 3 is 2.86 bits per heavy atom. The van der Waals surface area contributed by atoms with Crippen LogP contribution in [0.1, 0.15) is 35.0 Å². The Balaban J connectivity index is 1.77. The number of aryl methyl sites for hydroxylation is 1. The van der Waals surface area contributed by atoms with Gasteiger partial charge in [0, 0.05) is 22.9 Å². The van der Waals surface area contributed by atoms with Gasteiger partial charge in [0.25, 0.3) is 0 Å². The maximum Gasteiger partial charge on any atom is 0.433 e. The van der Waals surface area contributed by atoms with Crippen molar-refractivity contribution in [2.45, 2.75) is 31.6 Å². The number of halogens is 3. The standard InChI is InChI=1S/C13H11F3N6/c14-13(15,16)12-4-1-8(5-18-12)6-22-7-9-10(19-21-17)2-3-11(9)20-22/h1,4-5,7,10H,2-3,6H2. The molecule has 1 aliphatic carbocycles. The highest BCUT2D eigenvalue weighted by molar-refractivity contribution is 5.27. The smallest absolute Gasteiger partial charge is 0.268 e. The van der Waals surface area contributed by atoms with Crippen LogP contribution in [0.5, 0.6) is 0 Å². The molecule has 2 heterocycles. The Labute approximate surface area is 123 Å². The maximum atomic E-state index is 12.5. The summed E-state index contributed by atoms with van der Waals surface area (Å²) in [6.07, 6.45) is 0.00941. The van der Waals surface area contributed by atoms with Gasteiger partial charge < -0.3 is 0 Å². The third-order valence-electron chi connectivity index (χ3n) is 3.53. The van der Waals surface area contributed by atoms with Crippen LogP contribution in [0.25, 0.3) is 10.4 Å². The first-order chi connectivity index (χ1) is 10.5. The molecular formula is C13H11F3N6. The molecule has 22 heavy (non-hydrogen) atoms. The number of aromatic nitrogens is 3. The van der Waals surface area contributed by atoms with Gasteiger partial charge in [0.05, 0.1) is 18.3 Å². The van der Waals surface area contributed by atoms with E-state index in [1.54, 1.807) is 10.9 Å². The molecule has 0 spiro atoms. The fourth-order valence-corrected chi connectivity index (χ4v) is 2.51. The molecule has 0 saturated heterocycles. The lowest BCUT2D eigenvalue weighted by molar-refractivity contribution is -0.141. The monoisotopic (exact) mass is 308 g/mol. The molecule has 0 amide bonds. The molecule has 114 valence electrons. The van der Waals surface area contributed by atoms with Crippen LogP contribution >= 0.6 is 0 Å². The number of hydrogen-bond acceptors (Lipinski definition) is 3. The van der Waals surface area contributed by atoms with Crippen molar-refractivity contribution in [2.75, 3.05) is 0 Å². The van der Waals surface area contributed by atoms with Gasteiger partial charge in [-0.3, -0.25) is 9.67 Å². The maximum absolute atomic E-state index is 12.5. The second kappa shape index (κ2) is 5.34. The average Bonchev–Trinajstić information content (AvgIpc) is 3.00. The number of fused-ring (bicyclic) bond motifs is 1. The summed E-state index contributed by atoms with van der Waals surface area (Å²) < 4.78 is 39.0. The lowest BCUT2D eigenvalue weighted by Crippen LogP contribution is -2.09. The van der Waals surface area contributed by atoms with Gasteiger partial charge in [0.1, 0.15) is 5.69 Å². The topological polar surface area (TPSA) is 79.5 Å².